The second-order valence-electron chi connectivity index (χ2n) is 4.16. The summed E-state index contributed by atoms with van der Waals surface area (Å²) in [5.41, 5.74) is 0.988. The van der Waals surface area contributed by atoms with Gasteiger partial charge in [0.2, 0.25) is 0 Å². The van der Waals surface area contributed by atoms with Crippen molar-refractivity contribution in [2.45, 2.75) is 6.92 Å². The maximum Gasteiger partial charge on any atom is 0.339 e. The molecule has 1 saturated heterocycles. The Kier molecular flexibility index (Phi) is 4.33. The van der Waals surface area contributed by atoms with Crippen LogP contribution in [0.5, 0.6) is 0 Å². The molecular weight excluding hydrogens is 260 g/mol. The van der Waals surface area contributed by atoms with Crippen LogP contribution in [-0.4, -0.2) is 38.2 Å². The van der Waals surface area contributed by atoms with Crippen LogP contribution >= 0.6 is 0 Å². The standard InChI is InChI=1S/C14H14N2O4/c1-2-20-14(18)12-4-3-11(7-10(12)8-15)16-5-6-19-9-13(16)17/h3-4,7H,2,5-6,9H2,1H3. The second-order valence-corrected chi connectivity index (χ2v) is 4.16. The first-order valence-electron chi connectivity index (χ1n) is 6.26. The summed E-state index contributed by atoms with van der Waals surface area (Å²) in [6.45, 7) is 2.86. The van der Waals surface area contributed by atoms with Gasteiger partial charge in [-0.05, 0) is 25.1 Å². The van der Waals surface area contributed by atoms with E-state index in [0.29, 0.717) is 18.8 Å². The lowest BCUT2D eigenvalue weighted by Gasteiger charge is -2.27. The van der Waals surface area contributed by atoms with Gasteiger partial charge in [-0.2, -0.15) is 5.26 Å². The predicted octanol–water partition coefficient (Wildman–Crippen LogP) is 1.10. The van der Waals surface area contributed by atoms with Gasteiger partial charge < -0.3 is 14.4 Å². The van der Waals surface area contributed by atoms with Crippen molar-refractivity contribution in [3.8, 4) is 6.07 Å². The molecule has 1 heterocycles. The van der Waals surface area contributed by atoms with Gasteiger partial charge in [0.1, 0.15) is 12.7 Å². The van der Waals surface area contributed by atoms with Crippen LogP contribution in [-0.2, 0) is 14.3 Å². The van der Waals surface area contributed by atoms with Crippen molar-refractivity contribution >= 4 is 17.6 Å². The fourth-order valence-electron chi connectivity index (χ4n) is 1.97. The number of nitriles is 1. The molecule has 1 aliphatic rings. The number of hydrogen-bond acceptors (Lipinski definition) is 5. The smallest absolute Gasteiger partial charge is 0.339 e. The third kappa shape index (κ3) is 2.78. The van der Waals surface area contributed by atoms with Crippen molar-refractivity contribution in [3.05, 3.63) is 29.3 Å². The summed E-state index contributed by atoms with van der Waals surface area (Å²) in [4.78, 5) is 25.0. The van der Waals surface area contributed by atoms with Crippen LogP contribution < -0.4 is 4.90 Å². The number of nitrogens with zero attached hydrogens (tertiary/aromatic N) is 2. The molecule has 1 amide bonds. The highest BCUT2D eigenvalue weighted by Gasteiger charge is 2.22. The van der Waals surface area contributed by atoms with Gasteiger partial charge >= 0.3 is 5.97 Å². The minimum absolute atomic E-state index is 0.0293. The Labute approximate surface area is 116 Å². The number of morpholine rings is 1. The van der Waals surface area contributed by atoms with Gasteiger partial charge in [-0.15, -0.1) is 0 Å². The Bertz CT molecular complexity index is 577. The zero-order valence-corrected chi connectivity index (χ0v) is 11.1. The lowest BCUT2D eigenvalue weighted by Crippen LogP contribution is -2.41. The van der Waals surface area contributed by atoms with Gasteiger partial charge in [0.05, 0.1) is 24.3 Å². The molecule has 6 nitrogen and oxygen atoms in total. The van der Waals surface area contributed by atoms with E-state index < -0.39 is 5.97 Å². The van der Waals surface area contributed by atoms with E-state index in [4.69, 9.17) is 14.7 Å². The zero-order valence-electron chi connectivity index (χ0n) is 11.1. The summed E-state index contributed by atoms with van der Waals surface area (Å²) in [5.74, 6) is -0.701. The molecule has 104 valence electrons. The summed E-state index contributed by atoms with van der Waals surface area (Å²) < 4.78 is 9.94. The van der Waals surface area contributed by atoms with Crippen LogP contribution in [0, 0.1) is 11.3 Å². The summed E-state index contributed by atoms with van der Waals surface area (Å²) >= 11 is 0. The van der Waals surface area contributed by atoms with Gasteiger partial charge in [-0.1, -0.05) is 0 Å². The first-order chi connectivity index (χ1) is 9.67. The van der Waals surface area contributed by atoms with E-state index in [-0.39, 0.29) is 30.2 Å². The van der Waals surface area contributed by atoms with E-state index in [1.165, 1.54) is 12.1 Å². The van der Waals surface area contributed by atoms with Crippen LogP contribution in [0.15, 0.2) is 18.2 Å². The summed E-state index contributed by atoms with van der Waals surface area (Å²) in [6.07, 6.45) is 0. The van der Waals surface area contributed by atoms with Gasteiger partial charge in [-0.3, -0.25) is 4.79 Å². The number of rotatable bonds is 3. The molecular formula is C14H14N2O4. The topological polar surface area (TPSA) is 79.6 Å². The van der Waals surface area contributed by atoms with E-state index in [0.717, 1.165) is 0 Å². The highest BCUT2D eigenvalue weighted by molar-refractivity contribution is 5.97. The van der Waals surface area contributed by atoms with Crippen molar-refractivity contribution < 1.29 is 19.1 Å². The number of anilines is 1. The Balaban J connectivity index is 2.32. The Morgan fingerprint density at radius 1 is 1.55 bits per heavy atom. The fourth-order valence-corrected chi connectivity index (χ4v) is 1.97. The van der Waals surface area contributed by atoms with Crippen molar-refractivity contribution in [2.75, 3.05) is 31.3 Å². The lowest BCUT2D eigenvalue weighted by molar-refractivity contribution is -0.125. The number of amides is 1. The second kappa shape index (κ2) is 6.17. The zero-order chi connectivity index (χ0) is 14.5. The molecule has 0 unspecified atom stereocenters. The lowest BCUT2D eigenvalue weighted by atomic mass is 10.1. The normalized spacial score (nSPS) is 14.8. The molecule has 1 aromatic rings. The van der Waals surface area contributed by atoms with Crippen LogP contribution in [0.3, 0.4) is 0 Å². The number of carbonyl (C=O) groups excluding carboxylic acids is 2. The van der Waals surface area contributed by atoms with Crippen LogP contribution in [0.4, 0.5) is 5.69 Å². The van der Waals surface area contributed by atoms with E-state index >= 15 is 0 Å². The molecule has 0 spiro atoms. The van der Waals surface area contributed by atoms with Gasteiger partial charge in [0.15, 0.2) is 0 Å². The molecule has 0 bridgehead atoms. The van der Waals surface area contributed by atoms with E-state index in [2.05, 4.69) is 0 Å². The van der Waals surface area contributed by atoms with Crippen LogP contribution in [0.25, 0.3) is 0 Å². The molecule has 1 fully saturated rings. The average molecular weight is 274 g/mol. The third-order valence-electron chi connectivity index (χ3n) is 2.92. The molecule has 0 saturated carbocycles. The highest BCUT2D eigenvalue weighted by atomic mass is 16.5. The number of carbonyl (C=O) groups is 2. The van der Waals surface area contributed by atoms with E-state index in [1.54, 1.807) is 17.9 Å². The number of ether oxygens (including phenoxy) is 2. The summed E-state index contributed by atoms with van der Waals surface area (Å²) in [7, 11) is 0. The molecule has 0 radical (unpaired) electrons. The molecule has 0 N–H and O–H groups in total. The molecule has 0 atom stereocenters. The van der Waals surface area contributed by atoms with E-state index in [9.17, 15) is 9.59 Å². The molecule has 0 aromatic heterocycles. The summed E-state index contributed by atoms with van der Waals surface area (Å²) in [6, 6.07) is 6.63. The average Bonchev–Trinajstić information content (AvgIpc) is 2.47. The largest absolute Gasteiger partial charge is 0.462 e. The molecule has 0 aliphatic carbocycles. The van der Waals surface area contributed by atoms with Gasteiger partial charge in [-0.25, -0.2) is 4.79 Å². The summed E-state index contributed by atoms with van der Waals surface area (Å²) in [5, 5.41) is 9.14. The maximum absolute atomic E-state index is 11.7. The Hall–Kier alpha value is -2.39. The minimum Gasteiger partial charge on any atom is -0.462 e. The van der Waals surface area contributed by atoms with Crippen LogP contribution in [0.2, 0.25) is 0 Å². The minimum atomic E-state index is -0.538. The first kappa shape index (κ1) is 14.0. The van der Waals surface area contributed by atoms with E-state index in [1.807, 2.05) is 6.07 Å². The number of benzene rings is 1. The fraction of sp³-hybridized carbons (Fsp3) is 0.357. The molecule has 1 aromatic carbocycles. The molecule has 6 heteroatoms. The maximum atomic E-state index is 11.7. The monoisotopic (exact) mass is 274 g/mol. The van der Waals surface area contributed by atoms with Crippen LogP contribution in [0.1, 0.15) is 22.8 Å². The molecule has 1 aliphatic heterocycles. The van der Waals surface area contributed by atoms with Gasteiger partial charge in [0, 0.05) is 12.2 Å². The van der Waals surface area contributed by atoms with Crippen molar-refractivity contribution in [1.82, 2.24) is 0 Å². The first-order valence-corrected chi connectivity index (χ1v) is 6.26. The number of esters is 1. The third-order valence-corrected chi connectivity index (χ3v) is 2.92. The molecule has 2 rings (SSSR count). The number of hydrogen-bond donors (Lipinski definition) is 0. The highest BCUT2D eigenvalue weighted by Crippen LogP contribution is 2.21. The van der Waals surface area contributed by atoms with Crippen molar-refractivity contribution in [1.29, 1.82) is 5.26 Å². The quantitative estimate of drug-likeness (QED) is 0.771. The SMILES string of the molecule is CCOC(=O)c1ccc(N2CCOCC2=O)cc1C#N. The van der Waals surface area contributed by atoms with Gasteiger partial charge in [0.25, 0.3) is 5.91 Å². The Morgan fingerprint density at radius 2 is 2.35 bits per heavy atom. The van der Waals surface area contributed by atoms with Crippen molar-refractivity contribution in [2.24, 2.45) is 0 Å². The molecule has 20 heavy (non-hydrogen) atoms. The predicted molar refractivity (Wildman–Crippen MR) is 70.3 cm³/mol. The van der Waals surface area contributed by atoms with Crippen molar-refractivity contribution in [3.63, 3.8) is 0 Å². The Morgan fingerprint density at radius 3 is 3.00 bits per heavy atom.